The second-order valence-electron chi connectivity index (χ2n) is 5.96. The van der Waals surface area contributed by atoms with E-state index < -0.39 is 6.29 Å². The first-order valence-corrected chi connectivity index (χ1v) is 7.56. The molecule has 1 saturated heterocycles. The number of ether oxygens (including phenoxy) is 3. The molecule has 1 fully saturated rings. The highest BCUT2D eigenvalue weighted by Gasteiger charge is 2.30. The molecule has 21 heavy (non-hydrogen) atoms. The van der Waals surface area contributed by atoms with Crippen LogP contribution in [0.4, 0.5) is 0 Å². The molecule has 0 radical (unpaired) electrons. The smallest absolute Gasteiger partial charge is 0.308 e. The van der Waals surface area contributed by atoms with Crippen molar-refractivity contribution in [2.24, 2.45) is 5.92 Å². The van der Waals surface area contributed by atoms with Crippen molar-refractivity contribution in [3.63, 3.8) is 0 Å². The Morgan fingerprint density at radius 2 is 2.00 bits per heavy atom. The lowest BCUT2D eigenvalue weighted by Crippen LogP contribution is -2.34. The highest BCUT2D eigenvalue weighted by Crippen LogP contribution is 2.30. The van der Waals surface area contributed by atoms with Crippen molar-refractivity contribution in [3.05, 3.63) is 35.9 Å². The van der Waals surface area contributed by atoms with Crippen molar-refractivity contribution in [1.82, 2.24) is 0 Å². The van der Waals surface area contributed by atoms with Crippen LogP contribution < -0.4 is 0 Å². The van der Waals surface area contributed by atoms with E-state index in [0.29, 0.717) is 18.9 Å². The Kier molecular flexibility index (Phi) is 5.76. The van der Waals surface area contributed by atoms with Crippen LogP contribution in [0.1, 0.15) is 45.5 Å². The fraction of sp³-hybridized carbons (Fsp3) is 0.588. The maximum Gasteiger partial charge on any atom is 0.308 e. The van der Waals surface area contributed by atoms with Gasteiger partial charge in [0.25, 0.3) is 0 Å². The van der Waals surface area contributed by atoms with E-state index in [1.54, 1.807) is 0 Å². The second kappa shape index (κ2) is 7.57. The molecule has 1 heterocycles. The second-order valence-corrected chi connectivity index (χ2v) is 5.96. The zero-order valence-electron chi connectivity index (χ0n) is 13.0. The number of carbonyl (C=O) groups excluding carboxylic acids is 1. The van der Waals surface area contributed by atoms with Crippen molar-refractivity contribution in [2.75, 3.05) is 6.61 Å². The Morgan fingerprint density at radius 3 is 2.67 bits per heavy atom. The first-order valence-electron chi connectivity index (χ1n) is 7.56. The van der Waals surface area contributed by atoms with Gasteiger partial charge in [0.15, 0.2) is 6.29 Å². The van der Waals surface area contributed by atoms with Gasteiger partial charge < -0.3 is 14.2 Å². The molecule has 1 aliphatic heterocycles. The predicted molar refractivity (Wildman–Crippen MR) is 79.6 cm³/mol. The zero-order valence-corrected chi connectivity index (χ0v) is 13.0. The number of benzene rings is 1. The van der Waals surface area contributed by atoms with Crippen molar-refractivity contribution in [3.8, 4) is 0 Å². The van der Waals surface area contributed by atoms with Crippen LogP contribution in [0.15, 0.2) is 30.3 Å². The normalized spacial score (nSPS) is 25.8. The van der Waals surface area contributed by atoms with Crippen LogP contribution in [0.25, 0.3) is 0 Å². The standard InChI is InChI=1S/C17H24O4/c1-12(2)11-19-16(18)10-15-9-13(3)20-17(21-15)14-7-5-4-6-8-14/h4-8,12-13,15,17H,9-11H2,1-3H3. The number of carbonyl (C=O) groups is 1. The largest absolute Gasteiger partial charge is 0.465 e. The Balaban J connectivity index is 1.90. The van der Waals surface area contributed by atoms with E-state index >= 15 is 0 Å². The summed E-state index contributed by atoms with van der Waals surface area (Å²) < 4.78 is 16.9. The van der Waals surface area contributed by atoms with Gasteiger partial charge in [0.1, 0.15) is 0 Å². The molecule has 0 N–H and O–H groups in total. The van der Waals surface area contributed by atoms with Crippen molar-refractivity contribution < 1.29 is 19.0 Å². The quantitative estimate of drug-likeness (QED) is 0.780. The van der Waals surface area contributed by atoms with E-state index in [-0.39, 0.29) is 24.6 Å². The summed E-state index contributed by atoms with van der Waals surface area (Å²) in [5, 5.41) is 0. The molecule has 0 bridgehead atoms. The van der Waals surface area contributed by atoms with E-state index in [1.807, 2.05) is 51.1 Å². The lowest BCUT2D eigenvalue weighted by atomic mass is 10.1. The molecule has 3 unspecified atom stereocenters. The molecule has 0 aliphatic carbocycles. The number of rotatable bonds is 5. The van der Waals surface area contributed by atoms with Crippen molar-refractivity contribution in [2.45, 2.75) is 52.1 Å². The topological polar surface area (TPSA) is 44.8 Å². The molecule has 116 valence electrons. The fourth-order valence-electron chi connectivity index (χ4n) is 2.30. The third-order valence-electron chi connectivity index (χ3n) is 3.31. The summed E-state index contributed by atoms with van der Waals surface area (Å²) in [5.74, 6) is 0.148. The summed E-state index contributed by atoms with van der Waals surface area (Å²) in [7, 11) is 0. The minimum Gasteiger partial charge on any atom is -0.465 e. The van der Waals surface area contributed by atoms with Gasteiger partial charge in [0, 0.05) is 12.0 Å². The summed E-state index contributed by atoms with van der Waals surface area (Å²) in [5.41, 5.74) is 0.976. The molecular formula is C17H24O4. The Labute approximate surface area is 126 Å². The van der Waals surface area contributed by atoms with Gasteiger partial charge in [-0.25, -0.2) is 0 Å². The third kappa shape index (κ3) is 5.14. The molecule has 1 aromatic carbocycles. The predicted octanol–water partition coefficient (Wildman–Crippen LogP) is 3.47. The molecule has 1 aromatic rings. The zero-order chi connectivity index (χ0) is 15.2. The van der Waals surface area contributed by atoms with Crippen LogP contribution in [0.2, 0.25) is 0 Å². The van der Waals surface area contributed by atoms with Gasteiger partial charge in [0.05, 0.1) is 25.2 Å². The number of hydrogen-bond acceptors (Lipinski definition) is 4. The Morgan fingerprint density at radius 1 is 1.29 bits per heavy atom. The summed E-state index contributed by atoms with van der Waals surface area (Å²) >= 11 is 0. The van der Waals surface area contributed by atoms with Crippen molar-refractivity contribution in [1.29, 1.82) is 0 Å². The molecular weight excluding hydrogens is 268 g/mol. The molecule has 0 saturated carbocycles. The molecule has 2 rings (SSSR count). The highest BCUT2D eigenvalue weighted by atomic mass is 16.7. The number of esters is 1. The minimum atomic E-state index is -0.405. The minimum absolute atomic E-state index is 0.0619. The van der Waals surface area contributed by atoms with Crippen LogP contribution in [0.5, 0.6) is 0 Å². The summed E-state index contributed by atoms with van der Waals surface area (Å²) in [6.45, 7) is 6.50. The summed E-state index contributed by atoms with van der Waals surface area (Å²) in [6, 6.07) is 9.80. The van der Waals surface area contributed by atoms with Gasteiger partial charge >= 0.3 is 5.97 Å². The van der Waals surface area contributed by atoms with E-state index in [1.165, 1.54) is 0 Å². The van der Waals surface area contributed by atoms with Crippen molar-refractivity contribution >= 4 is 5.97 Å². The van der Waals surface area contributed by atoms with Gasteiger partial charge in [-0.1, -0.05) is 44.2 Å². The van der Waals surface area contributed by atoms with E-state index in [9.17, 15) is 4.79 Å². The van der Waals surface area contributed by atoms with Crippen LogP contribution in [-0.2, 0) is 19.0 Å². The van der Waals surface area contributed by atoms with Crippen LogP contribution in [0, 0.1) is 5.92 Å². The van der Waals surface area contributed by atoms with Gasteiger partial charge in [-0.15, -0.1) is 0 Å². The van der Waals surface area contributed by atoms with E-state index in [2.05, 4.69) is 0 Å². The molecule has 0 aromatic heterocycles. The van der Waals surface area contributed by atoms with Crippen LogP contribution in [0.3, 0.4) is 0 Å². The SMILES string of the molecule is CC(C)COC(=O)CC1CC(C)OC(c2ccccc2)O1. The average molecular weight is 292 g/mol. The molecule has 0 spiro atoms. The first-order chi connectivity index (χ1) is 10.0. The molecule has 4 heteroatoms. The van der Waals surface area contributed by atoms with E-state index in [0.717, 1.165) is 5.56 Å². The number of hydrogen-bond donors (Lipinski definition) is 0. The fourth-order valence-corrected chi connectivity index (χ4v) is 2.30. The molecule has 0 amide bonds. The highest BCUT2D eigenvalue weighted by molar-refractivity contribution is 5.70. The van der Waals surface area contributed by atoms with Gasteiger partial charge in [-0.2, -0.15) is 0 Å². The molecule has 1 aliphatic rings. The lowest BCUT2D eigenvalue weighted by Gasteiger charge is -2.34. The van der Waals surface area contributed by atoms with Gasteiger partial charge in [-0.3, -0.25) is 4.79 Å². The summed E-state index contributed by atoms with van der Waals surface area (Å²) in [6.07, 6.45) is 0.493. The third-order valence-corrected chi connectivity index (χ3v) is 3.31. The van der Waals surface area contributed by atoms with E-state index in [4.69, 9.17) is 14.2 Å². The summed E-state index contributed by atoms with van der Waals surface area (Å²) in [4.78, 5) is 11.8. The maximum atomic E-state index is 11.8. The molecule has 3 atom stereocenters. The maximum absolute atomic E-state index is 11.8. The van der Waals surface area contributed by atoms with Gasteiger partial charge in [-0.05, 0) is 12.8 Å². The van der Waals surface area contributed by atoms with Gasteiger partial charge in [0.2, 0.25) is 0 Å². The average Bonchev–Trinajstić information content (AvgIpc) is 2.45. The van der Waals surface area contributed by atoms with Crippen LogP contribution >= 0.6 is 0 Å². The monoisotopic (exact) mass is 292 g/mol. The lowest BCUT2D eigenvalue weighted by molar-refractivity contribution is -0.245. The first kappa shape index (κ1) is 16.0. The molecule has 4 nitrogen and oxygen atoms in total. The van der Waals surface area contributed by atoms with Crippen LogP contribution in [-0.4, -0.2) is 24.8 Å². The Hall–Kier alpha value is -1.39. The Bertz CT molecular complexity index is 443.